The Morgan fingerprint density at radius 1 is 0.815 bits per heavy atom. The van der Waals surface area contributed by atoms with E-state index < -0.39 is 0 Å². The maximum absolute atomic E-state index is 12.2. The number of carbonyl (C=O) groups excluding carboxylic acids is 1. The first-order valence-electron chi connectivity index (χ1n) is 8.73. The zero-order chi connectivity index (χ0) is 19.1. The van der Waals surface area contributed by atoms with Crippen LogP contribution in [0.1, 0.15) is 23.5 Å². The van der Waals surface area contributed by atoms with E-state index >= 15 is 0 Å². The Morgan fingerprint density at radius 3 is 1.96 bits per heavy atom. The summed E-state index contributed by atoms with van der Waals surface area (Å²) in [7, 11) is 0. The third kappa shape index (κ3) is 5.49. The highest BCUT2D eigenvalue weighted by Crippen LogP contribution is 2.27. The molecule has 3 nitrogen and oxygen atoms in total. The number of carbonyl (C=O) groups is 1. The van der Waals surface area contributed by atoms with Crippen LogP contribution in [0.3, 0.4) is 0 Å². The van der Waals surface area contributed by atoms with Crippen molar-refractivity contribution >= 4 is 34.9 Å². The van der Waals surface area contributed by atoms with Gasteiger partial charge in [0.1, 0.15) is 0 Å². The summed E-state index contributed by atoms with van der Waals surface area (Å²) in [6.45, 7) is 0.543. The first-order valence-corrected chi connectivity index (χ1v) is 9.49. The van der Waals surface area contributed by atoms with Crippen LogP contribution in [0.5, 0.6) is 0 Å². The summed E-state index contributed by atoms with van der Waals surface area (Å²) in [5.74, 6) is 0.220. The van der Waals surface area contributed by atoms with Gasteiger partial charge in [0.25, 0.3) is 0 Å². The molecule has 2 amide bonds. The summed E-state index contributed by atoms with van der Waals surface area (Å²) in [6, 6.07) is 25.4. The smallest absolute Gasteiger partial charge is 0.319 e. The monoisotopic (exact) mass is 398 g/mol. The molecule has 3 rings (SSSR count). The number of urea groups is 1. The van der Waals surface area contributed by atoms with E-state index in [-0.39, 0.29) is 11.9 Å². The molecule has 0 unspecified atom stereocenters. The zero-order valence-electron chi connectivity index (χ0n) is 14.7. The Hall–Kier alpha value is -2.49. The van der Waals surface area contributed by atoms with Crippen molar-refractivity contribution in [2.24, 2.45) is 0 Å². The minimum Gasteiger partial charge on any atom is -0.338 e. The number of rotatable bonds is 6. The molecule has 0 saturated heterocycles. The normalized spacial score (nSPS) is 10.6. The molecule has 0 aliphatic carbocycles. The fraction of sp³-hybridized carbons (Fsp3) is 0.136. The maximum atomic E-state index is 12.2. The molecule has 0 heterocycles. The number of hydrogen-bond donors (Lipinski definition) is 2. The molecule has 0 fully saturated rings. The van der Waals surface area contributed by atoms with Crippen molar-refractivity contribution in [3.8, 4) is 0 Å². The Labute approximate surface area is 169 Å². The topological polar surface area (TPSA) is 41.1 Å². The van der Waals surface area contributed by atoms with E-state index in [1.807, 2.05) is 36.4 Å². The second kappa shape index (κ2) is 9.45. The van der Waals surface area contributed by atoms with Crippen molar-refractivity contribution in [3.05, 3.63) is 100 Å². The molecular weight excluding hydrogens is 379 g/mol. The molecule has 0 radical (unpaired) electrons. The van der Waals surface area contributed by atoms with Gasteiger partial charge in [-0.25, -0.2) is 4.79 Å². The number of amides is 2. The van der Waals surface area contributed by atoms with Crippen LogP contribution < -0.4 is 10.6 Å². The lowest BCUT2D eigenvalue weighted by Crippen LogP contribution is -2.30. The number of hydrogen-bond acceptors (Lipinski definition) is 1. The van der Waals surface area contributed by atoms with E-state index in [9.17, 15) is 4.79 Å². The van der Waals surface area contributed by atoms with Gasteiger partial charge >= 0.3 is 6.03 Å². The Morgan fingerprint density at radius 2 is 1.41 bits per heavy atom. The van der Waals surface area contributed by atoms with Gasteiger partial charge in [-0.15, -0.1) is 0 Å². The lowest BCUT2D eigenvalue weighted by atomic mass is 9.88. The Bertz CT molecular complexity index is 846. The van der Waals surface area contributed by atoms with Gasteiger partial charge in [0, 0.05) is 18.2 Å². The standard InChI is InChI=1S/C22H20Cl2N2O/c23-20-12-11-18(15-21(20)24)26-22(27)25-14-13-19(16-7-3-1-4-8-16)17-9-5-2-6-10-17/h1-12,15,19H,13-14H2,(H2,25,26,27). The fourth-order valence-corrected chi connectivity index (χ4v) is 3.27. The predicted molar refractivity (Wildman–Crippen MR) is 113 cm³/mol. The van der Waals surface area contributed by atoms with Crippen LogP contribution in [0.2, 0.25) is 10.0 Å². The molecule has 0 saturated carbocycles. The maximum Gasteiger partial charge on any atom is 0.319 e. The first kappa shape index (κ1) is 19.3. The van der Waals surface area contributed by atoms with Gasteiger partial charge in [0.15, 0.2) is 0 Å². The average Bonchev–Trinajstić information content (AvgIpc) is 2.69. The van der Waals surface area contributed by atoms with Crippen LogP contribution in [0.15, 0.2) is 78.9 Å². The van der Waals surface area contributed by atoms with E-state index in [1.54, 1.807) is 18.2 Å². The summed E-state index contributed by atoms with van der Waals surface area (Å²) in [5, 5.41) is 6.54. The molecule has 0 aliphatic rings. The molecule has 0 spiro atoms. The Kier molecular flexibility index (Phi) is 6.74. The van der Waals surface area contributed by atoms with Gasteiger partial charge in [-0.1, -0.05) is 83.9 Å². The van der Waals surface area contributed by atoms with E-state index in [2.05, 4.69) is 34.9 Å². The number of halogens is 2. The van der Waals surface area contributed by atoms with Gasteiger partial charge < -0.3 is 10.6 Å². The number of nitrogens with one attached hydrogen (secondary N) is 2. The predicted octanol–water partition coefficient (Wildman–Crippen LogP) is 6.34. The molecule has 3 aromatic rings. The summed E-state index contributed by atoms with van der Waals surface area (Å²) in [4.78, 5) is 12.2. The van der Waals surface area contributed by atoms with Gasteiger partial charge in [-0.3, -0.25) is 0 Å². The highest BCUT2D eigenvalue weighted by atomic mass is 35.5. The van der Waals surface area contributed by atoms with Gasteiger partial charge in [0.05, 0.1) is 10.0 Å². The third-order valence-electron chi connectivity index (χ3n) is 4.30. The van der Waals surface area contributed by atoms with Crippen molar-refractivity contribution in [2.45, 2.75) is 12.3 Å². The molecule has 3 aromatic carbocycles. The van der Waals surface area contributed by atoms with E-state index in [4.69, 9.17) is 23.2 Å². The second-order valence-electron chi connectivity index (χ2n) is 6.17. The van der Waals surface area contributed by atoms with Crippen LogP contribution in [-0.4, -0.2) is 12.6 Å². The molecule has 0 aliphatic heterocycles. The van der Waals surface area contributed by atoms with Crippen molar-refractivity contribution in [3.63, 3.8) is 0 Å². The minimum absolute atomic E-state index is 0.220. The van der Waals surface area contributed by atoms with Gasteiger partial charge in [0.2, 0.25) is 0 Å². The second-order valence-corrected chi connectivity index (χ2v) is 6.99. The third-order valence-corrected chi connectivity index (χ3v) is 5.04. The van der Waals surface area contributed by atoms with Crippen molar-refractivity contribution in [1.82, 2.24) is 5.32 Å². The summed E-state index contributed by atoms with van der Waals surface area (Å²) >= 11 is 11.9. The van der Waals surface area contributed by atoms with Gasteiger partial charge in [-0.2, -0.15) is 0 Å². The fourth-order valence-electron chi connectivity index (χ4n) is 2.98. The summed E-state index contributed by atoms with van der Waals surface area (Å²) in [5.41, 5.74) is 3.07. The largest absolute Gasteiger partial charge is 0.338 e. The Balaban J connectivity index is 1.60. The van der Waals surface area contributed by atoms with E-state index in [1.165, 1.54) is 11.1 Å². The van der Waals surface area contributed by atoms with Crippen LogP contribution in [0, 0.1) is 0 Å². The molecular formula is C22H20Cl2N2O. The molecule has 5 heteroatoms. The van der Waals surface area contributed by atoms with Gasteiger partial charge in [-0.05, 0) is 35.7 Å². The minimum atomic E-state index is -0.270. The number of anilines is 1. The quantitative estimate of drug-likeness (QED) is 0.499. The van der Waals surface area contributed by atoms with E-state index in [0.29, 0.717) is 22.3 Å². The van der Waals surface area contributed by atoms with Crippen LogP contribution in [0.4, 0.5) is 10.5 Å². The summed E-state index contributed by atoms with van der Waals surface area (Å²) < 4.78 is 0. The van der Waals surface area contributed by atoms with Crippen molar-refractivity contribution in [1.29, 1.82) is 0 Å². The lowest BCUT2D eigenvalue weighted by molar-refractivity contribution is 0.252. The molecule has 0 aromatic heterocycles. The summed E-state index contributed by atoms with van der Waals surface area (Å²) in [6.07, 6.45) is 0.794. The molecule has 0 atom stereocenters. The molecule has 2 N–H and O–H groups in total. The highest BCUT2D eigenvalue weighted by Gasteiger charge is 2.14. The zero-order valence-corrected chi connectivity index (χ0v) is 16.2. The SMILES string of the molecule is O=C(NCCC(c1ccccc1)c1ccccc1)Nc1ccc(Cl)c(Cl)c1. The molecule has 27 heavy (non-hydrogen) atoms. The van der Waals surface area contributed by atoms with Crippen LogP contribution in [-0.2, 0) is 0 Å². The first-order chi connectivity index (χ1) is 13.1. The lowest BCUT2D eigenvalue weighted by Gasteiger charge is -2.18. The molecule has 0 bridgehead atoms. The van der Waals surface area contributed by atoms with E-state index in [0.717, 1.165) is 6.42 Å². The van der Waals surface area contributed by atoms with Crippen molar-refractivity contribution in [2.75, 3.05) is 11.9 Å². The highest BCUT2D eigenvalue weighted by molar-refractivity contribution is 6.42. The van der Waals surface area contributed by atoms with Crippen LogP contribution >= 0.6 is 23.2 Å². The van der Waals surface area contributed by atoms with Crippen molar-refractivity contribution < 1.29 is 4.79 Å². The number of benzene rings is 3. The van der Waals surface area contributed by atoms with Crippen LogP contribution in [0.25, 0.3) is 0 Å². The molecule has 138 valence electrons. The average molecular weight is 399 g/mol.